The van der Waals surface area contributed by atoms with Crippen molar-refractivity contribution >= 4 is 0 Å². The normalized spacial score (nSPS) is 30.6. The highest BCUT2D eigenvalue weighted by Crippen LogP contribution is 2.42. The van der Waals surface area contributed by atoms with Crippen molar-refractivity contribution in [3.63, 3.8) is 0 Å². The molecule has 1 saturated heterocycles. The fraction of sp³-hybridized carbons (Fsp3) is 1.00. The molecule has 2 aliphatic carbocycles. The van der Waals surface area contributed by atoms with E-state index in [1.807, 2.05) is 0 Å². The molecule has 3 nitrogen and oxygen atoms in total. The first-order valence-electron chi connectivity index (χ1n) is 8.93. The molecule has 1 aliphatic heterocycles. The molecular weight excluding hydrogens is 248 g/mol. The van der Waals surface area contributed by atoms with E-state index >= 15 is 0 Å². The van der Waals surface area contributed by atoms with Crippen molar-refractivity contribution in [2.75, 3.05) is 19.6 Å². The van der Waals surface area contributed by atoms with E-state index in [1.165, 1.54) is 70.6 Å². The summed E-state index contributed by atoms with van der Waals surface area (Å²) in [5.74, 6) is 0. The quantitative estimate of drug-likeness (QED) is 0.841. The second kappa shape index (κ2) is 6.76. The zero-order valence-corrected chi connectivity index (χ0v) is 13.0. The third-order valence-corrected chi connectivity index (χ3v) is 5.80. The van der Waals surface area contributed by atoms with Crippen molar-refractivity contribution < 1.29 is 4.74 Å². The van der Waals surface area contributed by atoms with Crippen molar-refractivity contribution in [2.45, 2.75) is 88.4 Å². The van der Waals surface area contributed by atoms with E-state index in [1.54, 1.807) is 0 Å². The van der Waals surface area contributed by atoms with Crippen LogP contribution in [-0.2, 0) is 4.74 Å². The Morgan fingerprint density at radius 1 is 0.950 bits per heavy atom. The van der Waals surface area contributed by atoms with Crippen LogP contribution in [0.4, 0.5) is 0 Å². The molecule has 116 valence electrons. The van der Waals surface area contributed by atoms with E-state index in [-0.39, 0.29) is 5.60 Å². The Balaban J connectivity index is 1.53. The molecule has 0 bridgehead atoms. The fourth-order valence-electron chi connectivity index (χ4n) is 4.71. The molecule has 0 aromatic heterocycles. The lowest BCUT2D eigenvalue weighted by Crippen LogP contribution is -2.43. The maximum atomic E-state index is 6.54. The van der Waals surface area contributed by atoms with Crippen molar-refractivity contribution in [1.29, 1.82) is 0 Å². The summed E-state index contributed by atoms with van der Waals surface area (Å²) >= 11 is 0. The number of nitrogens with zero attached hydrogens (tertiary/aromatic N) is 1. The number of nitrogens with two attached hydrogens (primary N) is 1. The van der Waals surface area contributed by atoms with Crippen LogP contribution < -0.4 is 5.73 Å². The van der Waals surface area contributed by atoms with Crippen molar-refractivity contribution in [3.8, 4) is 0 Å². The van der Waals surface area contributed by atoms with Gasteiger partial charge < -0.3 is 10.5 Å². The Kier molecular flexibility index (Phi) is 5.00. The molecule has 0 aromatic rings. The lowest BCUT2D eigenvalue weighted by molar-refractivity contribution is -0.0744. The molecule has 2 N–H and O–H groups in total. The largest absolute Gasteiger partial charge is 0.370 e. The molecule has 3 aliphatic rings. The van der Waals surface area contributed by atoms with Gasteiger partial charge in [-0.05, 0) is 38.5 Å². The standard InChI is InChI=1S/C17H32N2O/c18-12-13-19(15-6-2-3-7-15)14-16-8-11-17(20-16)9-4-1-5-10-17/h15-16H,1-14,18H2. The van der Waals surface area contributed by atoms with Gasteiger partial charge in [-0.3, -0.25) is 4.90 Å². The second-order valence-corrected chi connectivity index (χ2v) is 7.24. The first-order valence-corrected chi connectivity index (χ1v) is 8.93. The molecule has 0 amide bonds. The van der Waals surface area contributed by atoms with E-state index in [0.717, 1.165) is 25.7 Å². The molecule has 1 spiro atoms. The van der Waals surface area contributed by atoms with Crippen LogP contribution in [0.1, 0.15) is 70.6 Å². The van der Waals surface area contributed by atoms with Gasteiger partial charge in [0.25, 0.3) is 0 Å². The highest BCUT2D eigenvalue weighted by atomic mass is 16.5. The number of hydrogen-bond acceptors (Lipinski definition) is 3. The number of hydrogen-bond donors (Lipinski definition) is 1. The van der Waals surface area contributed by atoms with Gasteiger partial charge in [0, 0.05) is 25.7 Å². The third-order valence-electron chi connectivity index (χ3n) is 5.80. The SMILES string of the molecule is NCCN(CC1CCC2(CCCCC2)O1)C1CCCC1. The molecule has 1 heterocycles. The summed E-state index contributed by atoms with van der Waals surface area (Å²) in [7, 11) is 0. The van der Waals surface area contributed by atoms with Crippen LogP contribution in [0.2, 0.25) is 0 Å². The van der Waals surface area contributed by atoms with E-state index in [0.29, 0.717) is 6.10 Å². The van der Waals surface area contributed by atoms with Gasteiger partial charge in [0.05, 0.1) is 11.7 Å². The van der Waals surface area contributed by atoms with Gasteiger partial charge in [0.15, 0.2) is 0 Å². The Labute approximate surface area is 124 Å². The monoisotopic (exact) mass is 280 g/mol. The van der Waals surface area contributed by atoms with Crippen molar-refractivity contribution in [3.05, 3.63) is 0 Å². The van der Waals surface area contributed by atoms with E-state index in [4.69, 9.17) is 10.5 Å². The Hall–Kier alpha value is -0.120. The maximum Gasteiger partial charge on any atom is 0.0710 e. The molecule has 20 heavy (non-hydrogen) atoms. The highest BCUT2D eigenvalue weighted by Gasteiger charge is 2.41. The lowest BCUT2D eigenvalue weighted by Gasteiger charge is -2.35. The molecule has 3 rings (SSSR count). The summed E-state index contributed by atoms with van der Waals surface area (Å²) in [6, 6.07) is 0.782. The summed E-state index contributed by atoms with van der Waals surface area (Å²) in [5.41, 5.74) is 6.10. The molecule has 3 heteroatoms. The molecular formula is C17H32N2O. The van der Waals surface area contributed by atoms with Crippen LogP contribution in [0.25, 0.3) is 0 Å². The van der Waals surface area contributed by atoms with Gasteiger partial charge in [-0.2, -0.15) is 0 Å². The maximum absolute atomic E-state index is 6.54. The van der Waals surface area contributed by atoms with E-state index in [2.05, 4.69) is 4.90 Å². The topological polar surface area (TPSA) is 38.5 Å². The number of ether oxygens (including phenoxy) is 1. The van der Waals surface area contributed by atoms with E-state index in [9.17, 15) is 0 Å². The van der Waals surface area contributed by atoms with Gasteiger partial charge in [0.2, 0.25) is 0 Å². The molecule has 2 saturated carbocycles. The lowest BCUT2D eigenvalue weighted by atomic mass is 9.83. The van der Waals surface area contributed by atoms with Gasteiger partial charge in [-0.25, -0.2) is 0 Å². The summed E-state index contributed by atoms with van der Waals surface area (Å²) in [5, 5.41) is 0. The Bertz CT molecular complexity index is 295. The minimum atomic E-state index is 0.271. The van der Waals surface area contributed by atoms with Gasteiger partial charge in [-0.1, -0.05) is 32.1 Å². The van der Waals surface area contributed by atoms with Crippen LogP contribution in [0.5, 0.6) is 0 Å². The van der Waals surface area contributed by atoms with Crippen LogP contribution >= 0.6 is 0 Å². The van der Waals surface area contributed by atoms with Crippen molar-refractivity contribution in [2.24, 2.45) is 5.73 Å². The first-order chi connectivity index (χ1) is 9.81. The predicted molar refractivity (Wildman–Crippen MR) is 82.8 cm³/mol. The van der Waals surface area contributed by atoms with Crippen molar-refractivity contribution in [1.82, 2.24) is 4.90 Å². The molecule has 0 radical (unpaired) electrons. The summed E-state index contributed by atoms with van der Waals surface area (Å²) < 4.78 is 6.54. The molecule has 3 fully saturated rings. The van der Waals surface area contributed by atoms with Crippen LogP contribution in [0.3, 0.4) is 0 Å². The molecule has 1 unspecified atom stereocenters. The zero-order valence-electron chi connectivity index (χ0n) is 13.0. The minimum absolute atomic E-state index is 0.271. The summed E-state index contributed by atoms with van der Waals surface area (Å²) in [6.45, 7) is 2.97. The fourth-order valence-corrected chi connectivity index (χ4v) is 4.71. The van der Waals surface area contributed by atoms with Crippen LogP contribution in [-0.4, -0.2) is 42.3 Å². The highest BCUT2D eigenvalue weighted by molar-refractivity contribution is 4.92. The van der Waals surface area contributed by atoms with Crippen LogP contribution in [0, 0.1) is 0 Å². The molecule has 1 atom stereocenters. The van der Waals surface area contributed by atoms with E-state index < -0.39 is 0 Å². The average Bonchev–Trinajstić information content (AvgIpc) is 3.10. The summed E-state index contributed by atoms with van der Waals surface area (Å²) in [4.78, 5) is 2.64. The minimum Gasteiger partial charge on any atom is -0.370 e. The first kappa shape index (κ1) is 14.8. The van der Waals surface area contributed by atoms with Gasteiger partial charge in [0.1, 0.15) is 0 Å². The second-order valence-electron chi connectivity index (χ2n) is 7.24. The van der Waals surface area contributed by atoms with Crippen LogP contribution in [0.15, 0.2) is 0 Å². The third kappa shape index (κ3) is 3.37. The number of rotatable bonds is 5. The predicted octanol–water partition coefficient (Wildman–Crippen LogP) is 3.07. The van der Waals surface area contributed by atoms with Gasteiger partial charge >= 0.3 is 0 Å². The Morgan fingerprint density at radius 3 is 2.40 bits per heavy atom. The Morgan fingerprint density at radius 2 is 1.70 bits per heavy atom. The van der Waals surface area contributed by atoms with Gasteiger partial charge in [-0.15, -0.1) is 0 Å². The average molecular weight is 280 g/mol. The smallest absolute Gasteiger partial charge is 0.0710 e. The zero-order chi connectivity index (χ0) is 13.8. The summed E-state index contributed by atoms with van der Waals surface area (Å²) in [6.07, 6.45) is 15.4. The molecule has 0 aromatic carbocycles.